The van der Waals surface area contributed by atoms with Crippen molar-refractivity contribution >= 4 is 5.91 Å². The lowest BCUT2D eigenvalue weighted by molar-refractivity contribution is -0.130. The number of hydrogen-bond donors (Lipinski definition) is 1. The zero-order valence-corrected chi connectivity index (χ0v) is 12.7. The topological polar surface area (TPSA) is 75.9 Å². The van der Waals surface area contributed by atoms with Gasteiger partial charge in [-0.2, -0.15) is 0 Å². The molecule has 1 N–H and O–H groups in total. The van der Waals surface area contributed by atoms with Crippen molar-refractivity contribution in [3.8, 4) is 5.69 Å². The molecule has 2 unspecified atom stereocenters. The summed E-state index contributed by atoms with van der Waals surface area (Å²) in [6.07, 6.45) is 1.55. The Kier molecular flexibility index (Phi) is 4.64. The normalized spacial score (nSPS) is 13.7. The first-order chi connectivity index (χ1) is 9.99. The fraction of sp³-hybridized carbons (Fsp3) is 0.429. The summed E-state index contributed by atoms with van der Waals surface area (Å²) >= 11 is 0. The molecule has 1 aromatic carbocycles. The number of nitrogens with zero attached hydrogens (tertiary/aromatic N) is 5. The van der Waals surface area contributed by atoms with E-state index in [0.717, 1.165) is 11.3 Å². The number of aromatic nitrogens is 4. The lowest BCUT2D eigenvalue weighted by atomic mass is 10.1. The summed E-state index contributed by atoms with van der Waals surface area (Å²) in [7, 11) is 3.51. The van der Waals surface area contributed by atoms with Gasteiger partial charge < -0.3 is 4.90 Å². The average molecular weight is 288 g/mol. The number of tetrazole rings is 1. The van der Waals surface area contributed by atoms with E-state index in [2.05, 4.69) is 20.8 Å². The van der Waals surface area contributed by atoms with Gasteiger partial charge in [-0.15, -0.1) is 5.10 Å². The number of nitrogens with one attached hydrogen (secondary N) is 1. The SMILES string of the molecule is CC(NC(C)c1cccc(-n2cnnn2)c1)C(=O)N(C)C. The third kappa shape index (κ3) is 3.63. The molecule has 0 saturated heterocycles. The molecule has 2 atom stereocenters. The van der Waals surface area contributed by atoms with Crippen molar-refractivity contribution in [1.82, 2.24) is 30.4 Å². The average Bonchev–Trinajstić information content (AvgIpc) is 3.00. The minimum Gasteiger partial charge on any atom is -0.347 e. The van der Waals surface area contributed by atoms with Crippen LogP contribution in [0.25, 0.3) is 5.69 Å². The van der Waals surface area contributed by atoms with Crippen molar-refractivity contribution in [2.75, 3.05) is 14.1 Å². The van der Waals surface area contributed by atoms with E-state index in [1.807, 2.05) is 38.1 Å². The van der Waals surface area contributed by atoms with E-state index in [4.69, 9.17) is 0 Å². The van der Waals surface area contributed by atoms with Crippen LogP contribution in [0.4, 0.5) is 0 Å². The van der Waals surface area contributed by atoms with Gasteiger partial charge in [-0.1, -0.05) is 12.1 Å². The summed E-state index contributed by atoms with van der Waals surface area (Å²) < 4.78 is 1.60. The van der Waals surface area contributed by atoms with Gasteiger partial charge in [0.15, 0.2) is 0 Å². The van der Waals surface area contributed by atoms with E-state index in [1.165, 1.54) is 0 Å². The number of carbonyl (C=O) groups excluding carboxylic acids is 1. The first kappa shape index (κ1) is 15.1. The molecule has 0 aliphatic heterocycles. The van der Waals surface area contributed by atoms with E-state index in [-0.39, 0.29) is 18.0 Å². The van der Waals surface area contributed by atoms with Gasteiger partial charge in [0.2, 0.25) is 5.91 Å². The van der Waals surface area contributed by atoms with Gasteiger partial charge in [0.05, 0.1) is 11.7 Å². The van der Waals surface area contributed by atoms with Gasteiger partial charge in [0.1, 0.15) is 6.33 Å². The quantitative estimate of drug-likeness (QED) is 0.880. The molecule has 0 aliphatic rings. The number of hydrogen-bond acceptors (Lipinski definition) is 5. The summed E-state index contributed by atoms with van der Waals surface area (Å²) in [4.78, 5) is 13.5. The largest absolute Gasteiger partial charge is 0.347 e. The molecule has 0 spiro atoms. The van der Waals surface area contributed by atoms with Crippen molar-refractivity contribution in [1.29, 1.82) is 0 Å². The van der Waals surface area contributed by atoms with Crippen LogP contribution in [-0.4, -0.2) is 51.2 Å². The lowest BCUT2D eigenvalue weighted by Crippen LogP contribution is -2.42. The second-order valence-electron chi connectivity index (χ2n) is 5.19. The van der Waals surface area contributed by atoms with Gasteiger partial charge in [0.25, 0.3) is 0 Å². The molecular formula is C14H20N6O. The van der Waals surface area contributed by atoms with Crippen molar-refractivity contribution in [3.05, 3.63) is 36.2 Å². The smallest absolute Gasteiger partial charge is 0.238 e. The molecule has 7 heteroatoms. The van der Waals surface area contributed by atoms with Crippen LogP contribution in [0.3, 0.4) is 0 Å². The van der Waals surface area contributed by atoms with Crippen LogP contribution in [0, 0.1) is 0 Å². The van der Waals surface area contributed by atoms with Crippen LogP contribution in [-0.2, 0) is 4.79 Å². The third-order valence-electron chi connectivity index (χ3n) is 3.29. The van der Waals surface area contributed by atoms with Crippen LogP contribution >= 0.6 is 0 Å². The second-order valence-corrected chi connectivity index (χ2v) is 5.19. The molecule has 1 aromatic heterocycles. The van der Waals surface area contributed by atoms with Gasteiger partial charge in [-0.05, 0) is 42.0 Å². The Hall–Kier alpha value is -2.28. The third-order valence-corrected chi connectivity index (χ3v) is 3.29. The number of likely N-dealkylation sites (N-methyl/N-ethyl adjacent to an activating group) is 1. The van der Waals surface area contributed by atoms with Gasteiger partial charge >= 0.3 is 0 Å². The Morgan fingerprint density at radius 1 is 1.33 bits per heavy atom. The Morgan fingerprint density at radius 2 is 2.10 bits per heavy atom. The number of amides is 1. The van der Waals surface area contributed by atoms with Crippen LogP contribution in [0.5, 0.6) is 0 Å². The summed E-state index contributed by atoms with van der Waals surface area (Å²) in [5.41, 5.74) is 1.96. The number of rotatable bonds is 5. The maximum absolute atomic E-state index is 11.9. The first-order valence-corrected chi connectivity index (χ1v) is 6.79. The highest BCUT2D eigenvalue weighted by Gasteiger charge is 2.17. The zero-order valence-electron chi connectivity index (χ0n) is 12.7. The Morgan fingerprint density at radius 3 is 2.71 bits per heavy atom. The lowest BCUT2D eigenvalue weighted by Gasteiger charge is -2.22. The van der Waals surface area contributed by atoms with Crippen molar-refractivity contribution in [3.63, 3.8) is 0 Å². The molecule has 0 fully saturated rings. The Labute approximate surface area is 123 Å². The zero-order chi connectivity index (χ0) is 15.4. The maximum atomic E-state index is 11.9. The molecule has 2 rings (SSSR count). The monoisotopic (exact) mass is 288 g/mol. The minimum absolute atomic E-state index is 0.0420. The fourth-order valence-electron chi connectivity index (χ4n) is 2.15. The molecule has 2 aromatic rings. The van der Waals surface area contributed by atoms with E-state index in [1.54, 1.807) is 30.0 Å². The number of carbonyl (C=O) groups is 1. The predicted octanol–water partition coefficient (Wildman–Crippen LogP) is 0.790. The van der Waals surface area contributed by atoms with Gasteiger partial charge in [-0.25, -0.2) is 4.68 Å². The summed E-state index contributed by atoms with van der Waals surface area (Å²) in [6.45, 7) is 3.89. The van der Waals surface area contributed by atoms with E-state index < -0.39 is 0 Å². The highest BCUT2D eigenvalue weighted by atomic mass is 16.2. The van der Waals surface area contributed by atoms with Crippen molar-refractivity contribution in [2.45, 2.75) is 25.9 Å². The molecule has 7 nitrogen and oxygen atoms in total. The summed E-state index contributed by atoms with van der Waals surface area (Å²) in [5, 5.41) is 14.4. The Balaban J connectivity index is 2.11. The van der Waals surface area contributed by atoms with Gasteiger partial charge in [0, 0.05) is 20.1 Å². The molecule has 0 radical (unpaired) electrons. The highest BCUT2D eigenvalue weighted by Crippen LogP contribution is 2.16. The van der Waals surface area contributed by atoms with Crippen LogP contribution in [0.15, 0.2) is 30.6 Å². The minimum atomic E-state index is -0.244. The van der Waals surface area contributed by atoms with E-state index in [9.17, 15) is 4.79 Å². The Bertz CT molecular complexity index is 595. The molecule has 0 saturated carbocycles. The summed E-state index contributed by atoms with van der Waals surface area (Å²) in [6, 6.07) is 7.69. The molecule has 1 heterocycles. The van der Waals surface area contributed by atoms with Crippen LogP contribution < -0.4 is 5.32 Å². The molecule has 1 amide bonds. The van der Waals surface area contributed by atoms with Crippen LogP contribution in [0.1, 0.15) is 25.5 Å². The van der Waals surface area contributed by atoms with E-state index in [0.29, 0.717) is 0 Å². The van der Waals surface area contributed by atoms with Crippen molar-refractivity contribution in [2.24, 2.45) is 0 Å². The highest BCUT2D eigenvalue weighted by molar-refractivity contribution is 5.80. The second kappa shape index (κ2) is 6.45. The maximum Gasteiger partial charge on any atom is 0.238 e. The van der Waals surface area contributed by atoms with E-state index >= 15 is 0 Å². The van der Waals surface area contributed by atoms with Gasteiger partial charge in [-0.3, -0.25) is 10.1 Å². The molecule has 21 heavy (non-hydrogen) atoms. The molecule has 0 bridgehead atoms. The molecular weight excluding hydrogens is 268 g/mol. The predicted molar refractivity (Wildman–Crippen MR) is 78.9 cm³/mol. The first-order valence-electron chi connectivity index (χ1n) is 6.79. The summed E-state index contributed by atoms with van der Waals surface area (Å²) in [5.74, 6) is 0.0541. The number of benzene rings is 1. The fourth-order valence-corrected chi connectivity index (χ4v) is 2.15. The van der Waals surface area contributed by atoms with Crippen LogP contribution in [0.2, 0.25) is 0 Å². The molecule has 0 aliphatic carbocycles. The molecule has 112 valence electrons. The standard InChI is InChI=1S/C14H20N6O/c1-10(16-11(2)14(21)19(3)4)12-6-5-7-13(8-12)20-9-15-17-18-20/h5-11,16H,1-4H3. The van der Waals surface area contributed by atoms with Crippen molar-refractivity contribution < 1.29 is 4.79 Å².